The van der Waals surface area contributed by atoms with Crippen LogP contribution in [0.4, 0.5) is 0 Å². The van der Waals surface area contributed by atoms with Crippen LogP contribution in [0.25, 0.3) is 0 Å². The minimum absolute atomic E-state index is 0.0757. The number of thioether (sulfide) groups is 1. The summed E-state index contributed by atoms with van der Waals surface area (Å²) >= 11 is 1.96. The molecular weight excluding hydrogens is 416 g/mol. The Labute approximate surface area is 198 Å². The summed E-state index contributed by atoms with van der Waals surface area (Å²) in [4.78, 5) is 30.5. The van der Waals surface area contributed by atoms with Crippen LogP contribution in [0.15, 0.2) is 24.3 Å². The Kier molecular flexibility index (Phi) is 8.20. The lowest BCUT2D eigenvalue weighted by Crippen LogP contribution is -2.55. The van der Waals surface area contributed by atoms with Crippen molar-refractivity contribution < 1.29 is 9.59 Å². The summed E-state index contributed by atoms with van der Waals surface area (Å²) in [7, 11) is 0. The molecule has 1 aromatic rings. The second-order valence-electron chi connectivity index (χ2n) is 9.92. The van der Waals surface area contributed by atoms with Crippen LogP contribution in [0.3, 0.4) is 0 Å². The first-order valence-corrected chi connectivity index (χ1v) is 14.0. The van der Waals surface area contributed by atoms with Gasteiger partial charge in [0.25, 0.3) is 5.91 Å². The number of unbranched alkanes of at least 4 members (excludes halogenated alkanes) is 3. The SMILES string of the molecule is CCCCCCc1ccc(C(=O)N2CCC3(CC2)SCCN3C(=O)C2CCCCC2)cc1. The molecule has 1 spiro atoms. The van der Waals surface area contributed by atoms with Crippen LogP contribution >= 0.6 is 11.8 Å². The van der Waals surface area contributed by atoms with Crippen molar-refractivity contribution in [3.05, 3.63) is 35.4 Å². The van der Waals surface area contributed by atoms with E-state index in [1.54, 1.807) is 0 Å². The van der Waals surface area contributed by atoms with Crippen LogP contribution < -0.4 is 0 Å². The van der Waals surface area contributed by atoms with Crippen LogP contribution in [0, 0.1) is 5.92 Å². The molecule has 4 rings (SSSR count). The predicted octanol–water partition coefficient (Wildman–Crippen LogP) is 5.90. The molecule has 0 bridgehead atoms. The molecule has 1 saturated carbocycles. The van der Waals surface area contributed by atoms with E-state index < -0.39 is 0 Å². The number of nitrogens with zero attached hydrogens (tertiary/aromatic N) is 2. The second-order valence-corrected chi connectivity index (χ2v) is 11.4. The van der Waals surface area contributed by atoms with Crippen molar-refractivity contribution in [3.63, 3.8) is 0 Å². The van der Waals surface area contributed by atoms with E-state index >= 15 is 0 Å². The average molecular weight is 457 g/mol. The van der Waals surface area contributed by atoms with E-state index in [9.17, 15) is 9.59 Å². The first-order valence-electron chi connectivity index (χ1n) is 13.0. The van der Waals surface area contributed by atoms with Gasteiger partial charge in [-0.05, 0) is 56.2 Å². The van der Waals surface area contributed by atoms with Crippen LogP contribution in [0.5, 0.6) is 0 Å². The van der Waals surface area contributed by atoms with Crippen molar-refractivity contribution >= 4 is 23.6 Å². The predicted molar refractivity (Wildman–Crippen MR) is 133 cm³/mol. The van der Waals surface area contributed by atoms with E-state index in [0.29, 0.717) is 5.91 Å². The standard InChI is InChI=1S/C27H40N2O2S/c1-2-3-4-6-9-22-12-14-24(15-13-22)25(30)28-18-16-27(17-19-28)29(20-21-32-27)26(31)23-10-7-5-8-11-23/h12-15,23H,2-11,16-21H2,1H3. The molecule has 2 heterocycles. The number of hydrogen-bond acceptors (Lipinski definition) is 3. The van der Waals surface area contributed by atoms with Gasteiger partial charge in [-0.2, -0.15) is 0 Å². The van der Waals surface area contributed by atoms with Crippen molar-refractivity contribution in [2.75, 3.05) is 25.4 Å². The molecule has 0 radical (unpaired) electrons. The topological polar surface area (TPSA) is 40.6 Å². The third-order valence-corrected chi connectivity index (χ3v) is 9.30. The van der Waals surface area contributed by atoms with Gasteiger partial charge in [0, 0.05) is 36.9 Å². The molecule has 2 saturated heterocycles. The van der Waals surface area contributed by atoms with Crippen molar-refractivity contribution in [2.45, 2.75) is 88.8 Å². The third-order valence-electron chi connectivity index (χ3n) is 7.75. The highest BCUT2D eigenvalue weighted by Gasteiger charge is 2.48. The number of likely N-dealkylation sites (tertiary alicyclic amines) is 1. The largest absolute Gasteiger partial charge is 0.338 e. The van der Waals surface area contributed by atoms with Gasteiger partial charge in [-0.15, -0.1) is 11.8 Å². The minimum atomic E-state index is -0.0757. The lowest BCUT2D eigenvalue weighted by Gasteiger charge is -2.45. The fraction of sp³-hybridized carbons (Fsp3) is 0.704. The van der Waals surface area contributed by atoms with Gasteiger partial charge in [-0.3, -0.25) is 9.59 Å². The number of benzene rings is 1. The zero-order valence-corrected chi connectivity index (χ0v) is 20.6. The van der Waals surface area contributed by atoms with Crippen molar-refractivity contribution in [1.29, 1.82) is 0 Å². The van der Waals surface area contributed by atoms with Gasteiger partial charge >= 0.3 is 0 Å². The number of amides is 2. The number of rotatable bonds is 7. The molecule has 4 nitrogen and oxygen atoms in total. The summed E-state index contributed by atoms with van der Waals surface area (Å²) in [6, 6.07) is 8.26. The van der Waals surface area contributed by atoms with Gasteiger partial charge in [-0.25, -0.2) is 0 Å². The third kappa shape index (κ3) is 5.35. The summed E-state index contributed by atoms with van der Waals surface area (Å²) in [6.07, 6.45) is 13.8. The smallest absolute Gasteiger partial charge is 0.253 e. The highest BCUT2D eigenvalue weighted by atomic mass is 32.2. The van der Waals surface area contributed by atoms with Gasteiger partial charge in [0.15, 0.2) is 0 Å². The Morgan fingerprint density at radius 3 is 2.38 bits per heavy atom. The Balaban J connectivity index is 1.31. The lowest BCUT2D eigenvalue weighted by molar-refractivity contribution is -0.140. The van der Waals surface area contributed by atoms with Crippen LogP contribution in [-0.4, -0.2) is 51.9 Å². The lowest BCUT2D eigenvalue weighted by atomic mass is 9.87. The minimum Gasteiger partial charge on any atom is -0.338 e. The maximum absolute atomic E-state index is 13.3. The van der Waals surface area contributed by atoms with Crippen LogP contribution in [-0.2, 0) is 11.2 Å². The number of aryl methyl sites for hydroxylation is 1. The molecule has 5 heteroatoms. The zero-order valence-electron chi connectivity index (χ0n) is 19.8. The quantitative estimate of drug-likeness (QED) is 0.480. The van der Waals surface area contributed by atoms with Crippen LogP contribution in [0.1, 0.15) is 93.5 Å². The first kappa shape index (κ1) is 23.7. The fourth-order valence-corrected chi connectivity index (χ4v) is 7.18. The summed E-state index contributed by atoms with van der Waals surface area (Å²) < 4.78 is 0. The number of hydrogen-bond donors (Lipinski definition) is 0. The molecule has 32 heavy (non-hydrogen) atoms. The van der Waals surface area contributed by atoms with Gasteiger partial charge in [0.1, 0.15) is 0 Å². The fourth-order valence-electron chi connectivity index (χ4n) is 5.72. The molecule has 2 aliphatic heterocycles. The van der Waals surface area contributed by atoms with Gasteiger partial charge in [0.2, 0.25) is 5.91 Å². The maximum Gasteiger partial charge on any atom is 0.253 e. The van der Waals surface area contributed by atoms with Crippen molar-refractivity contribution in [2.24, 2.45) is 5.92 Å². The number of piperidine rings is 1. The summed E-state index contributed by atoms with van der Waals surface area (Å²) in [5.41, 5.74) is 2.13. The zero-order chi connectivity index (χ0) is 22.4. The Bertz CT molecular complexity index is 764. The Morgan fingerprint density at radius 1 is 0.969 bits per heavy atom. The van der Waals surface area contributed by atoms with Gasteiger partial charge < -0.3 is 9.80 Å². The van der Waals surface area contributed by atoms with E-state index in [1.165, 1.54) is 50.5 Å². The molecule has 0 atom stereocenters. The molecule has 0 unspecified atom stereocenters. The van der Waals surface area contributed by atoms with Gasteiger partial charge in [0.05, 0.1) is 4.87 Å². The molecule has 176 valence electrons. The molecular formula is C27H40N2O2S. The average Bonchev–Trinajstić information content (AvgIpc) is 3.25. The molecule has 1 aliphatic carbocycles. The highest BCUT2D eigenvalue weighted by Crippen LogP contribution is 2.45. The Morgan fingerprint density at radius 2 is 1.69 bits per heavy atom. The molecule has 0 N–H and O–H groups in total. The van der Waals surface area contributed by atoms with E-state index in [0.717, 1.165) is 63.1 Å². The van der Waals surface area contributed by atoms with E-state index in [4.69, 9.17) is 0 Å². The summed E-state index contributed by atoms with van der Waals surface area (Å²) in [6.45, 7) is 4.62. The maximum atomic E-state index is 13.3. The van der Waals surface area contributed by atoms with Crippen molar-refractivity contribution in [1.82, 2.24) is 9.80 Å². The van der Waals surface area contributed by atoms with E-state index in [-0.39, 0.29) is 16.7 Å². The molecule has 3 aliphatic rings. The van der Waals surface area contributed by atoms with Crippen LogP contribution in [0.2, 0.25) is 0 Å². The number of carbonyl (C=O) groups excluding carboxylic acids is 2. The summed E-state index contributed by atoms with van der Waals surface area (Å²) in [5.74, 6) is 1.81. The normalized spacial score (nSPS) is 21.3. The van der Waals surface area contributed by atoms with E-state index in [1.807, 2.05) is 28.8 Å². The summed E-state index contributed by atoms with van der Waals surface area (Å²) in [5, 5.41) is 0. The second kappa shape index (κ2) is 11.1. The molecule has 0 aromatic heterocycles. The van der Waals surface area contributed by atoms with Crippen molar-refractivity contribution in [3.8, 4) is 0 Å². The Hall–Kier alpha value is -1.49. The highest BCUT2D eigenvalue weighted by molar-refractivity contribution is 8.00. The molecule has 1 aromatic carbocycles. The van der Waals surface area contributed by atoms with Gasteiger partial charge in [-0.1, -0.05) is 57.6 Å². The molecule has 2 amide bonds. The van der Waals surface area contributed by atoms with E-state index in [2.05, 4.69) is 24.0 Å². The first-order chi connectivity index (χ1) is 15.6. The monoisotopic (exact) mass is 456 g/mol. The number of carbonyl (C=O) groups is 2. The molecule has 3 fully saturated rings.